The van der Waals surface area contributed by atoms with E-state index in [4.69, 9.17) is 9.90 Å². The number of alkyl halides is 3. The van der Waals surface area contributed by atoms with Gasteiger partial charge in [-0.15, -0.1) is 0 Å². The molecule has 1 aromatic carbocycles. The number of hydrogen-bond acceptors (Lipinski definition) is 7. The number of aromatic nitrogens is 1. The summed E-state index contributed by atoms with van der Waals surface area (Å²) in [6.07, 6.45) is 3.45. The third-order valence-corrected chi connectivity index (χ3v) is 7.85. The molecule has 2 aliphatic rings. The van der Waals surface area contributed by atoms with Crippen molar-refractivity contribution in [1.82, 2.24) is 15.0 Å². The summed E-state index contributed by atoms with van der Waals surface area (Å²) < 4.78 is 58.3. The lowest BCUT2D eigenvalue weighted by atomic mass is 9.76. The molecule has 2 heterocycles. The summed E-state index contributed by atoms with van der Waals surface area (Å²) in [6.45, 7) is 0.850. The van der Waals surface area contributed by atoms with E-state index >= 15 is 0 Å². The lowest BCUT2D eigenvalue weighted by Gasteiger charge is -2.30. The van der Waals surface area contributed by atoms with Crippen LogP contribution in [-0.4, -0.2) is 55.1 Å². The van der Waals surface area contributed by atoms with Crippen molar-refractivity contribution in [3.8, 4) is 0 Å². The highest BCUT2D eigenvalue weighted by Crippen LogP contribution is 2.36. The summed E-state index contributed by atoms with van der Waals surface area (Å²) in [5, 5.41) is 13.2. The van der Waals surface area contributed by atoms with E-state index < -0.39 is 28.1 Å². The molecule has 2 amide bonds. The summed E-state index contributed by atoms with van der Waals surface area (Å²) in [5.74, 6) is -2.62. The predicted octanol–water partition coefficient (Wildman–Crippen LogP) is 3.33. The van der Waals surface area contributed by atoms with Gasteiger partial charge in [0.1, 0.15) is 0 Å². The zero-order chi connectivity index (χ0) is 28.6. The molecule has 4 N–H and O–H groups in total. The number of anilines is 1. The number of carbonyl (C=O) groups is 3. The van der Waals surface area contributed by atoms with Crippen LogP contribution in [0.4, 0.5) is 18.9 Å². The Bertz CT molecular complexity index is 1250. The van der Waals surface area contributed by atoms with Gasteiger partial charge in [0.25, 0.3) is 15.9 Å². The third kappa shape index (κ3) is 8.48. The number of hydrogen-bond donors (Lipinski definition) is 4. The van der Waals surface area contributed by atoms with Crippen molar-refractivity contribution in [2.45, 2.75) is 55.8 Å². The van der Waals surface area contributed by atoms with E-state index in [2.05, 4.69) is 15.6 Å². The van der Waals surface area contributed by atoms with Gasteiger partial charge in [0, 0.05) is 17.4 Å². The normalized spacial score (nSPS) is 19.9. The Labute approximate surface area is 223 Å². The first-order chi connectivity index (χ1) is 18.4. The fourth-order valence-corrected chi connectivity index (χ4v) is 5.67. The van der Waals surface area contributed by atoms with Crippen molar-refractivity contribution in [2.75, 3.05) is 11.9 Å². The van der Waals surface area contributed by atoms with Gasteiger partial charge in [0.2, 0.25) is 5.91 Å². The molecule has 0 radical (unpaired) electrons. The smallest absolute Gasteiger partial charge is 0.475 e. The topological polar surface area (TPSA) is 155 Å². The predicted molar refractivity (Wildman–Crippen MR) is 134 cm³/mol. The first-order valence-corrected chi connectivity index (χ1v) is 13.8. The largest absolute Gasteiger partial charge is 0.490 e. The Kier molecular flexibility index (Phi) is 10.0. The number of amides is 2. The number of nitrogens with zero attached hydrogens (tertiary/aromatic N) is 1. The minimum atomic E-state index is -5.08. The second kappa shape index (κ2) is 13.0. The van der Waals surface area contributed by atoms with Gasteiger partial charge in [-0.05, 0) is 61.2 Å². The maximum absolute atomic E-state index is 12.9. The van der Waals surface area contributed by atoms with Crippen molar-refractivity contribution in [1.29, 1.82) is 0 Å². The second-order valence-electron chi connectivity index (χ2n) is 9.25. The molecule has 1 aliphatic heterocycles. The fourth-order valence-electron chi connectivity index (χ4n) is 4.75. The molecular formula is C25H29F3N4O6S. The average molecular weight is 571 g/mol. The first-order valence-electron chi connectivity index (χ1n) is 12.3. The van der Waals surface area contributed by atoms with Crippen LogP contribution in [0.15, 0.2) is 53.7 Å². The van der Waals surface area contributed by atoms with Crippen LogP contribution in [0.25, 0.3) is 0 Å². The van der Waals surface area contributed by atoms with Crippen LogP contribution < -0.4 is 15.4 Å². The van der Waals surface area contributed by atoms with Crippen LogP contribution in [-0.2, 0) is 19.6 Å². The molecular weight excluding hydrogens is 541 g/mol. The maximum atomic E-state index is 12.9. The number of benzene rings is 1. The zero-order valence-corrected chi connectivity index (χ0v) is 21.6. The van der Waals surface area contributed by atoms with E-state index in [0.29, 0.717) is 17.5 Å². The quantitative estimate of drug-likeness (QED) is 0.412. The Morgan fingerprint density at radius 2 is 1.62 bits per heavy atom. The number of nitrogens with one attached hydrogen (secondary N) is 3. The fraction of sp³-hybridized carbons (Fsp3) is 0.440. The molecule has 0 bridgehead atoms. The first kappa shape index (κ1) is 30.0. The Hall–Kier alpha value is -3.52. The van der Waals surface area contributed by atoms with E-state index in [1.807, 2.05) is 4.72 Å². The molecule has 2 fully saturated rings. The standard InChI is InChI=1S/C23H28N4O4S.C2HF3O2/c28-22(27-32(30,31)20-8-4-5-14-24-20)17-9-11-18(12-10-17)26-23(29)21-19(13-15-25-21)16-6-2-1-3-7-16;3-2(4,5)1(6)7/h4-5,8-12,14,16,19,21,25H,1-3,6-7,13,15H2,(H,26,29)(H,27,28);(H,6,7)/t19-,21-;/m0./s1. The van der Waals surface area contributed by atoms with E-state index in [-0.39, 0.29) is 22.5 Å². The summed E-state index contributed by atoms with van der Waals surface area (Å²) >= 11 is 0. The Morgan fingerprint density at radius 3 is 2.18 bits per heavy atom. The van der Waals surface area contributed by atoms with Gasteiger partial charge in [-0.25, -0.2) is 14.5 Å². The molecule has 1 saturated heterocycles. The lowest BCUT2D eigenvalue weighted by Crippen LogP contribution is -2.42. The van der Waals surface area contributed by atoms with Gasteiger partial charge < -0.3 is 15.7 Å². The highest BCUT2D eigenvalue weighted by atomic mass is 32.2. The molecule has 2 atom stereocenters. The van der Waals surface area contributed by atoms with E-state index in [1.165, 1.54) is 62.6 Å². The van der Waals surface area contributed by atoms with Crippen LogP contribution >= 0.6 is 0 Å². The highest BCUT2D eigenvalue weighted by molar-refractivity contribution is 7.90. The third-order valence-electron chi connectivity index (χ3n) is 6.61. The van der Waals surface area contributed by atoms with Crippen LogP contribution in [0.5, 0.6) is 0 Å². The molecule has 0 unspecified atom stereocenters. The summed E-state index contributed by atoms with van der Waals surface area (Å²) in [4.78, 5) is 37.9. The van der Waals surface area contributed by atoms with Crippen molar-refractivity contribution >= 4 is 33.5 Å². The molecule has 1 aliphatic carbocycles. The van der Waals surface area contributed by atoms with Crippen molar-refractivity contribution in [2.24, 2.45) is 11.8 Å². The molecule has 2 aromatic rings. The number of aliphatic carboxylic acids is 1. The van der Waals surface area contributed by atoms with Gasteiger partial charge in [-0.1, -0.05) is 38.2 Å². The van der Waals surface area contributed by atoms with Crippen LogP contribution in [0.1, 0.15) is 48.9 Å². The SMILES string of the molecule is O=C(NS(=O)(=O)c1ccccn1)c1ccc(NC(=O)[C@H]2NCC[C@H]2C2CCCCC2)cc1.O=C(O)C(F)(F)F. The minimum Gasteiger partial charge on any atom is -0.475 e. The van der Waals surface area contributed by atoms with E-state index in [0.717, 1.165) is 13.0 Å². The van der Waals surface area contributed by atoms with Crippen molar-refractivity contribution < 1.29 is 41.1 Å². The molecule has 0 spiro atoms. The molecule has 39 heavy (non-hydrogen) atoms. The number of rotatable bonds is 6. The number of carbonyl (C=O) groups excluding carboxylic acids is 2. The van der Waals surface area contributed by atoms with E-state index in [1.54, 1.807) is 18.2 Å². The van der Waals surface area contributed by atoms with Gasteiger partial charge in [-0.3, -0.25) is 9.59 Å². The minimum absolute atomic E-state index is 0.0620. The molecule has 212 valence electrons. The average Bonchev–Trinajstić information content (AvgIpc) is 3.40. The van der Waals surface area contributed by atoms with Gasteiger partial charge in [0.05, 0.1) is 6.04 Å². The number of carboxylic acids is 1. The highest BCUT2D eigenvalue weighted by Gasteiger charge is 2.39. The molecule has 10 nitrogen and oxygen atoms in total. The zero-order valence-electron chi connectivity index (χ0n) is 20.8. The molecule has 1 aromatic heterocycles. The Morgan fingerprint density at radius 1 is 0.974 bits per heavy atom. The van der Waals surface area contributed by atoms with Crippen molar-refractivity contribution in [3.63, 3.8) is 0 Å². The van der Waals surface area contributed by atoms with Crippen LogP contribution in [0.2, 0.25) is 0 Å². The van der Waals surface area contributed by atoms with Gasteiger partial charge in [-0.2, -0.15) is 21.6 Å². The van der Waals surface area contributed by atoms with E-state index in [9.17, 15) is 31.2 Å². The summed E-state index contributed by atoms with van der Waals surface area (Å²) in [7, 11) is -4.05. The number of pyridine rings is 1. The lowest BCUT2D eigenvalue weighted by molar-refractivity contribution is -0.192. The van der Waals surface area contributed by atoms with Gasteiger partial charge in [0.15, 0.2) is 5.03 Å². The van der Waals surface area contributed by atoms with Crippen molar-refractivity contribution in [3.05, 3.63) is 54.2 Å². The summed E-state index contributed by atoms with van der Waals surface area (Å²) in [6, 6.07) is 10.4. The van der Waals surface area contributed by atoms with Crippen LogP contribution in [0.3, 0.4) is 0 Å². The second-order valence-corrected chi connectivity index (χ2v) is 10.9. The maximum Gasteiger partial charge on any atom is 0.490 e. The summed E-state index contributed by atoms with van der Waals surface area (Å²) in [5.41, 5.74) is 0.733. The number of sulfonamides is 1. The Balaban J connectivity index is 0.000000532. The number of carboxylic acid groups (broad SMARTS) is 1. The monoisotopic (exact) mass is 570 g/mol. The molecule has 1 saturated carbocycles. The molecule has 4 rings (SSSR count). The van der Waals surface area contributed by atoms with Gasteiger partial charge >= 0.3 is 12.1 Å². The number of halogens is 3. The van der Waals surface area contributed by atoms with Crippen LogP contribution in [0, 0.1) is 11.8 Å². The molecule has 14 heteroatoms.